The highest BCUT2D eigenvalue weighted by molar-refractivity contribution is 9.10. The Morgan fingerprint density at radius 2 is 1.96 bits per heavy atom. The van der Waals surface area contributed by atoms with E-state index in [2.05, 4.69) is 21.2 Å². The van der Waals surface area contributed by atoms with E-state index in [9.17, 15) is 9.59 Å². The van der Waals surface area contributed by atoms with Crippen molar-refractivity contribution in [1.82, 2.24) is 4.90 Å². The minimum atomic E-state index is -0.335. The number of methoxy groups -OCH3 is 1. The molecule has 2 aromatic rings. The van der Waals surface area contributed by atoms with Gasteiger partial charge in [0, 0.05) is 11.5 Å². The molecule has 0 spiro atoms. The topological polar surface area (TPSA) is 58.6 Å². The minimum absolute atomic E-state index is 0.103. The number of hydrogen-bond acceptors (Lipinski definition) is 3. The Bertz CT molecular complexity index is 767. The molecule has 5 nitrogen and oxygen atoms in total. The second kappa shape index (κ2) is 8.17. The predicted molar refractivity (Wildman–Crippen MR) is 97.7 cm³/mol. The minimum Gasteiger partial charge on any atom is -0.497 e. The molecule has 2 aromatic carbocycles. The second-order valence-corrected chi connectivity index (χ2v) is 6.30. The van der Waals surface area contributed by atoms with Crippen molar-refractivity contribution >= 4 is 45.0 Å². The van der Waals surface area contributed by atoms with E-state index in [1.54, 1.807) is 49.5 Å². The van der Waals surface area contributed by atoms with E-state index in [0.29, 0.717) is 26.5 Å². The van der Waals surface area contributed by atoms with Gasteiger partial charge in [0.25, 0.3) is 5.91 Å². The van der Waals surface area contributed by atoms with Crippen LogP contribution in [0.4, 0.5) is 5.69 Å². The van der Waals surface area contributed by atoms with Crippen molar-refractivity contribution in [3.05, 3.63) is 57.5 Å². The summed E-state index contributed by atoms with van der Waals surface area (Å²) in [4.78, 5) is 26.0. The number of likely N-dealkylation sites (N-methyl/N-ethyl adjacent to an activating group) is 1. The van der Waals surface area contributed by atoms with Crippen molar-refractivity contribution in [2.75, 3.05) is 26.0 Å². The van der Waals surface area contributed by atoms with Crippen LogP contribution in [0, 0.1) is 0 Å². The Labute approximate surface area is 153 Å². The first-order valence-corrected chi connectivity index (χ1v) is 8.23. The summed E-state index contributed by atoms with van der Waals surface area (Å²) < 4.78 is 5.76. The fourth-order valence-electron chi connectivity index (χ4n) is 2.04. The third kappa shape index (κ3) is 4.49. The van der Waals surface area contributed by atoms with Crippen molar-refractivity contribution in [3.8, 4) is 5.75 Å². The maximum Gasteiger partial charge on any atom is 0.255 e. The fraction of sp³-hybridized carbons (Fsp3) is 0.176. The Balaban J connectivity index is 2.06. The number of hydrogen-bond donors (Lipinski definition) is 1. The average molecular weight is 412 g/mol. The van der Waals surface area contributed by atoms with Crippen LogP contribution in [0.15, 0.2) is 46.9 Å². The van der Waals surface area contributed by atoms with Gasteiger partial charge in [-0.25, -0.2) is 0 Å². The molecule has 0 saturated heterocycles. The lowest BCUT2D eigenvalue weighted by Crippen LogP contribution is -2.35. The number of rotatable bonds is 5. The number of carbonyl (C=O) groups is 2. The van der Waals surface area contributed by atoms with E-state index in [0.717, 1.165) is 0 Å². The van der Waals surface area contributed by atoms with Crippen molar-refractivity contribution in [2.45, 2.75) is 0 Å². The van der Waals surface area contributed by atoms with Crippen LogP contribution >= 0.6 is 27.5 Å². The number of para-hydroxylation sites is 1. The Hall–Kier alpha value is -2.05. The SMILES string of the molecule is COc1ccc(Br)c(C(=O)N(C)CC(=O)Nc2ccccc2Cl)c1. The third-order valence-electron chi connectivity index (χ3n) is 3.28. The quantitative estimate of drug-likeness (QED) is 0.813. The van der Waals surface area contributed by atoms with Crippen LogP contribution in [-0.2, 0) is 4.79 Å². The number of amides is 2. The van der Waals surface area contributed by atoms with E-state index < -0.39 is 0 Å². The highest BCUT2D eigenvalue weighted by atomic mass is 79.9. The molecule has 2 rings (SSSR count). The Kier molecular flexibility index (Phi) is 6.23. The zero-order valence-corrected chi connectivity index (χ0v) is 15.5. The molecule has 0 heterocycles. The van der Waals surface area contributed by atoms with Gasteiger partial charge in [0.1, 0.15) is 5.75 Å². The molecular formula is C17H16BrClN2O3. The Morgan fingerprint density at radius 3 is 2.62 bits per heavy atom. The van der Waals surface area contributed by atoms with Gasteiger partial charge in [0.15, 0.2) is 0 Å². The third-order valence-corrected chi connectivity index (χ3v) is 4.30. The van der Waals surface area contributed by atoms with Crippen LogP contribution in [0.3, 0.4) is 0 Å². The summed E-state index contributed by atoms with van der Waals surface area (Å²) in [7, 11) is 3.08. The van der Waals surface area contributed by atoms with Crippen LogP contribution in [0.25, 0.3) is 0 Å². The molecule has 24 heavy (non-hydrogen) atoms. The van der Waals surface area contributed by atoms with E-state index in [4.69, 9.17) is 16.3 Å². The highest BCUT2D eigenvalue weighted by Crippen LogP contribution is 2.24. The van der Waals surface area contributed by atoms with Gasteiger partial charge in [-0.1, -0.05) is 23.7 Å². The molecule has 0 fully saturated rings. The summed E-state index contributed by atoms with van der Waals surface area (Å²) in [5, 5.41) is 3.12. The maximum absolute atomic E-state index is 12.5. The molecular weight excluding hydrogens is 396 g/mol. The summed E-state index contributed by atoms with van der Waals surface area (Å²) in [5.74, 6) is -0.0662. The number of nitrogens with zero attached hydrogens (tertiary/aromatic N) is 1. The lowest BCUT2D eigenvalue weighted by atomic mass is 10.2. The van der Waals surface area contributed by atoms with Crippen LogP contribution in [0.1, 0.15) is 10.4 Å². The van der Waals surface area contributed by atoms with E-state index in [-0.39, 0.29) is 18.4 Å². The monoisotopic (exact) mass is 410 g/mol. The zero-order valence-electron chi connectivity index (χ0n) is 13.2. The van der Waals surface area contributed by atoms with Crippen molar-refractivity contribution in [1.29, 1.82) is 0 Å². The van der Waals surface area contributed by atoms with Gasteiger partial charge < -0.3 is 15.0 Å². The van der Waals surface area contributed by atoms with Gasteiger partial charge in [0.2, 0.25) is 5.91 Å². The van der Waals surface area contributed by atoms with Gasteiger partial charge in [-0.05, 0) is 46.3 Å². The van der Waals surface area contributed by atoms with E-state index in [1.807, 2.05) is 0 Å². The first-order valence-electron chi connectivity index (χ1n) is 7.05. The molecule has 126 valence electrons. The van der Waals surface area contributed by atoms with Crippen LogP contribution < -0.4 is 10.1 Å². The van der Waals surface area contributed by atoms with Gasteiger partial charge >= 0.3 is 0 Å². The van der Waals surface area contributed by atoms with Crippen molar-refractivity contribution in [2.24, 2.45) is 0 Å². The number of halogens is 2. The van der Waals surface area contributed by atoms with Gasteiger partial charge in [-0.2, -0.15) is 0 Å². The summed E-state index contributed by atoms with van der Waals surface area (Å²) in [5.41, 5.74) is 0.926. The first-order chi connectivity index (χ1) is 11.4. The molecule has 1 N–H and O–H groups in total. The summed E-state index contributed by atoms with van der Waals surface area (Å²) in [6.07, 6.45) is 0. The normalized spacial score (nSPS) is 10.2. The lowest BCUT2D eigenvalue weighted by Gasteiger charge is -2.18. The van der Waals surface area contributed by atoms with Crippen LogP contribution in [-0.4, -0.2) is 37.4 Å². The van der Waals surface area contributed by atoms with E-state index >= 15 is 0 Å². The van der Waals surface area contributed by atoms with Gasteiger partial charge in [0.05, 0.1) is 29.9 Å². The second-order valence-electron chi connectivity index (χ2n) is 5.04. The van der Waals surface area contributed by atoms with E-state index in [1.165, 1.54) is 12.0 Å². The standard InChI is InChI=1S/C17H16BrClN2O3/c1-21(10-16(22)20-15-6-4-3-5-14(15)19)17(23)12-9-11(24-2)7-8-13(12)18/h3-9H,10H2,1-2H3,(H,20,22). The van der Waals surface area contributed by atoms with Crippen LogP contribution in [0.5, 0.6) is 5.75 Å². The highest BCUT2D eigenvalue weighted by Gasteiger charge is 2.18. The number of benzene rings is 2. The number of anilines is 1. The number of nitrogens with one attached hydrogen (secondary N) is 1. The van der Waals surface area contributed by atoms with Gasteiger partial charge in [-0.3, -0.25) is 9.59 Å². The smallest absolute Gasteiger partial charge is 0.255 e. The molecule has 7 heteroatoms. The fourth-order valence-corrected chi connectivity index (χ4v) is 2.64. The molecule has 0 atom stereocenters. The van der Waals surface area contributed by atoms with Crippen LogP contribution in [0.2, 0.25) is 5.02 Å². The molecule has 2 amide bonds. The molecule has 0 bridgehead atoms. The van der Waals surface area contributed by atoms with Crippen molar-refractivity contribution in [3.63, 3.8) is 0 Å². The van der Waals surface area contributed by atoms with Gasteiger partial charge in [-0.15, -0.1) is 0 Å². The molecule has 0 aromatic heterocycles. The molecule has 0 saturated carbocycles. The lowest BCUT2D eigenvalue weighted by molar-refractivity contribution is -0.116. The molecule has 0 radical (unpaired) electrons. The summed E-state index contributed by atoms with van der Waals surface area (Å²) in [6.45, 7) is -0.103. The zero-order chi connectivity index (χ0) is 17.7. The first kappa shape index (κ1) is 18.3. The molecule has 0 aliphatic rings. The van der Waals surface area contributed by atoms with Crippen molar-refractivity contribution < 1.29 is 14.3 Å². The molecule has 0 aliphatic carbocycles. The predicted octanol–water partition coefficient (Wildman–Crippen LogP) is 3.82. The maximum atomic E-state index is 12.5. The Morgan fingerprint density at radius 1 is 1.25 bits per heavy atom. The molecule has 0 aliphatic heterocycles. The summed E-state index contributed by atoms with van der Waals surface area (Å²) >= 11 is 9.34. The number of carbonyl (C=O) groups excluding carboxylic acids is 2. The largest absolute Gasteiger partial charge is 0.497 e. The molecule has 0 unspecified atom stereocenters. The number of ether oxygens (including phenoxy) is 1. The average Bonchev–Trinajstić information content (AvgIpc) is 2.56. The summed E-state index contributed by atoms with van der Waals surface area (Å²) in [6, 6.07) is 12.0.